The number of thiazole rings is 1. The molecular formula is C26H26ClN5O2S2. The summed E-state index contributed by atoms with van der Waals surface area (Å²) in [7, 11) is 0. The summed E-state index contributed by atoms with van der Waals surface area (Å²) in [6.07, 6.45) is 1.44. The van der Waals surface area contributed by atoms with Crippen LogP contribution < -0.4 is 10.1 Å². The molecule has 36 heavy (non-hydrogen) atoms. The van der Waals surface area contributed by atoms with Crippen molar-refractivity contribution in [2.75, 3.05) is 11.1 Å². The highest BCUT2D eigenvalue weighted by Gasteiger charge is 2.20. The maximum atomic E-state index is 12.6. The molecule has 7 nitrogen and oxygen atoms in total. The monoisotopic (exact) mass is 539 g/mol. The molecule has 0 saturated heterocycles. The van der Waals surface area contributed by atoms with Crippen molar-refractivity contribution in [2.45, 2.75) is 38.6 Å². The van der Waals surface area contributed by atoms with Crippen LogP contribution in [0.1, 0.15) is 30.0 Å². The van der Waals surface area contributed by atoms with E-state index in [2.05, 4.69) is 40.9 Å². The number of nitrogens with zero attached hydrogens (tertiary/aromatic N) is 4. The number of carbonyl (C=O) groups is 1. The molecule has 2 aromatic heterocycles. The molecule has 0 aliphatic rings. The number of hydrogen-bond donors (Lipinski definition) is 1. The fourth-order valence-corrected chi connectivity index (χ4v) is 5.04. The lowest BCUT2D eigenvalue weighted by atomic mass is 10.1. The Morgan fingerprint density at radius 3 is 2.72 bits per heavy atom. The molecule has 0 radical (unpaired) electrons. The number of thioether (sulfide) groups is 1. The zero-order valence-corrected chi connectivity index (χ0v) is 22.6. The number of carbonyl (C=O) groups excluding carboxylic acids is 1. The van der Waals surface area contributed by atoms with Crippen molar-refractivity contribution < 1.29 is 9.53 Å². The summed E-state index contributed by atoms with van der Waals surface area (Å²) in [6.45, 7) is 10.4. The van der Waals surface area contributed by atoms with E-state index < -0.39 is 0 Å². The summed E-state index contributed by atoms with van der Waals surface area (Å²) in [4.78, 5) is 17.1. The SMILES string of the molecule is C=CCn1c(SCC(=O)Nc2nc(-c3ccc(Cl)cc3)cs2)nnc1C(C)Oc1ccc(C)c(C)c1. The average Bonchev–Trinajstić information content (AvgIpc) is 3.48. The first-order valence-electron chi connectivity index (χ1n) is 11.3. The summed E-state index contributed by atoms with van der Waals surface area (Å²) in [5.41, 5.74) is 4.09. The van der Waals surface area contributed by atoms with Crippen LogP contribution in [0.5, 0.6) is 5.75 Å². The van der Waals surface area contributed by atoms with Crippen LogP contribution >= 0.6 is 34.7 Å². The standard InChI is InChI=1S/C26H26ClN5O2S2/c1-5-12-32-24(18(4)34-21-11-6-16(2)17(3)13-21)30-31-26(32)36-15-23(33)29-25-28-22(14-35-25)19-7-9-20(27)10-8-19/h5-11,13-14,18H,1,12,15H2,2-4H3,(H,28,29,33). The van der Waals surface area contributed by atoms with Gasteiger partial charge in [-0.25, -0.2) is 4.98 Å². The Balaban J connectivity index is 1.39. The van der Waals surface area contributed by atoms with E-state index in [1.165, 1.54) is 28.7 Å². The zero-order chi connectivity index (χ0) is 25.7. The molecule has 2 aromatic carbocycles. The minimum Gasteiger partial charge on any atom is -0.483 e. The van der Waals surface area contributed by atoms with Gasteiger partial charge >= 0.3 is 0 Å². The fourth-order valence-electron chi connectivity index (χ4n) is 3.42. The van der Waals surface area contributed by atoms with E-state index in [9.17, 15) is 4.79 Å². The molecular weight excluding hydrogens is 514 g/mol. The first-order valence-corrected chi connectivity index (χ1v) is 13.5. The summed E-state index contributed by atoms with van der Waals surface area (Å²) < 4.78 is 8.04. The van der Waals surface area contributed by atoms with E-state index >= 15 is 0 Å². The van der Waals surface area contributed by atoms with Crippen molar-refractivity contribution in [2.24, 2.45) is 0 Å². The van der Waals surface area contributed by atoms with E-state index in [-0.39, 0.29) is 17.8 Å². The Bertz CT molecular complexity index is 1370. The van der Waals surface area contributed by atoms with Gasteiger partial charge in [-0.1, -0.05) is 47.6 Å². The second-order valence-corrected chi connectivity index (χ2v) is 10.4. The van der Waals surface area contributed by atoms with Crippen LogP contribution in [0.2, 0.25) is 5.02 Å². The molecule has 4 rings (SSSR count). The summed E-state index contributed by atoms with van der Waals surface area (Å²) >= 11 is 8.63. The van der Waals surface area contributed by atoms with E-state index in [0.29, 0.717) is 27.7 Å². The van der Waals surface area contributed by atoms with Gasteiger partial charge in [0.1, 0.15) is 5.75 Å². The Labute approximate surface area is 223 Å². The van der Waals surface area contributed by atoms with E-state index in [0.717, 1.165) is 22.6 Å². The van der Waals surface area contributed by atoms with Gasteiger partial charge in [0.2, 0.25) is 5.91 Å². The average molecular weight is 540 g/mol. The Hall–Kier alpha value is -3.14. The minimum atomic E-state index is -0.329. The van der Waals surface area contributed by atoms with Crippen LogP contribution in [0.15, 0.2) is 65.7 Å². The van der Waals surface area contributed by atoms with Gasteiger partial charge in [0, 0.05) is 22.5 Å². The first-order chi connectivity index (χ1) is 17.3. The van der Waals surface area contributed by atoms with Crippen LogP contribution in [-0.2, 0) is 11.3 Å². The second-order valence-electron chi connectivity index (χ2n) is 8.13. The van der Waals surface area contributed by atoms with Crippen LogP contribution in [0.4, 0.5) is 5.13 Å². The maximum Gasteiger partial charge on any atom is 0.236 e. The number of amides is 1. The van der Waals surface area contributed by atoms with Gasteiger partial charge in [0.05, 0.1) is 11.4 Å². The highest BCUT2D eigenvalue weighted by Crippen LogP contribution is 2.28. The topological polar surface area (TPSA) is 81.9 Å². The maximum absolute atomic E-state index is 12.6. The second kappa shape index (κ2) is 11.7. The molecule has 1 N–H and O–H groups in total. The number of aromatic nitrogens is 4. The largest absolute Gasteiger partial charge is 0.483 e. The molecule has 1 atom stereocenters. The van der Waals surface area contributed by atoms with Gasteiger partial charge < -0.3 is 10.1 Å². The predicted octanol–water partition coefficient (Wildman–Crippen LogP) is 6.73. The lowest BCUT2D eigenvalue weighted by molar-refractivity contribution is -0.113. The molecule has 0 spiro atoms. The number of anilines is 1. The lowest BCUT2D eigenvalue weighted by Gasteiger charge is -2.16. The lowest BCUT2D eigenvalue weighted by Crippen LogP contribution is -2.15. The minimum absolute atomic E-state index is 0.164. The number of hydrogen-bond acceptors (Lipinski definition) is 7. The highest BCUT2D eigenvalue weighted by molar-refractivity contribution is 7.99. The third-order valence-electron chi connectivity index (χ3n) is 5.43. The van der Waals surface area contributed by atoms with Crippen LogP contribution in [0.25, 0.3) is 11.3 Å². The number of aryl methyl sites for hydroxylation is 2. The summed E-state index contributed by atoms with van der Waals surface area (Å²) in [6, 6.07) is 13.4. The van der Waals surface area contributed by atoms with Crippen molar-refractivity contribution >= 4 is 45.7 Å². The Morgan fingerprint density at radius 1 is 1.22 bits per heavy atom. The zero-order valence-electron chi connectivity index (χ0n) is 20.2. The molecule has 1 amide bonds. The van der Waals surface area contributed by atoms with Crippen LogP contribution in [0.3, 0.4) is 0 Å². The third kappa shape index (κ3) is 6.34. The molecule has 0 aliphatic heterocycles. The summed E-state index contributed by atoms with van der Waals surface area (Å²) in [5.74, 6) is 1.43. The van der Waals surface area contributed by atoms with Crippen LogP contribution in [0, 0.1) is 13.8 Å². The van der Waals surface area contributed by atoms with E-state index in [1.54, 1.807) is 6.08 Å². The van der Waals surface area contributed by atoms with Crippen LogP contribution in [-0.4, -0.2) is 31.4 Å². The first kappa shape index (κ1) is 25.9. The normalized spacial score (nSPS) is 11.8. The predicted molar refractivity (Wildman–Crippen MR) is 147 cm³/mol. The van der Waals surface area contributed by atoms with E-state index in [1.807, 2.05) is 59.3 Å². The number of benzene rings is 2. The highest BCUT2D eigenvalue weighted by atomic mass is 35.5. The van der Waals surface area contributed by atoms with Crippen molar-refractivity contribution in [1.29, 1.82) is 0 Å². The van der Waals surface area contributed by atoms with Gasteiger partial charge in [-0.2, -0.15) is 0 Å². The number of allylic oxidation sites excluding steroid dienone is 1. The fraction of sp³-hybridized carbons (Fsp3) is 0.231. The molecule has 186 valence electrons. The Kier molecular flexibility index (Phi) is 8.45. The number of rotatable bonds is 10. The molecule has 1 unspecified atom stereocenters. The van der Waals surface area contributed by atoms with E-state index in [4.69, 9.17) is 16.3 Å². The van der Waals surface area contributed by atoms with Crippen molar-refractivity contribution in [3.8, 4) is 17.0 Å². The van der Waals surface area contributed by atoms with Gasteiger partial charge in [0.25, 0.3) is 0 Å². The van der Waals surface area contributed by atoms with Gasteiger partial charge in [-0.15, -0.1) is 28.1 Å². The quantitative estimate of drug-likeness (QED) is 0.178. The molecule has 0 aliphatic carbocycles. The smallest absolute Gasteiger partial charge is 0.236 e. The van der Waals surface area contributed by atoms with Crippen molar-refractivity contribution in [3.63, 3.8) is 0 Å². The number of ether oxygens (including phenoxy) is 1. The summed E-state index contributed by atoms with van der Waals surface area (Å²) in [5, 5.41) is 15.2. The molecule has 4 aromatic rings. The van der Waals surface area contributed by atoms with Gasteiger partial charge in [-0.3, -0.25) is 9.36 Å². The van der Waals surface area contributed by atoms with Gasteiger partial charge in [-0.05, 0) is 56.2 Å². The van der Waals surface area contributed by atoms with Crippen molar-refractivity contribution in [3.05, 3.63) is 82.5 Å². The molecule has 2 heterocycles. The van der Waals surface area contributed by atoms with Crippen molar-refractivity contribution in [1.82, 2.24) is 19.7 Å². The third-order valence-corrected chi connectivity index (χ3v) is 7.41. The molecule has 10 heteroatoms. The molecule has 0 saturated carbocycles. The van der Waals surface area contributed by atoms with Gasteiger partial charge in [0.15, 0.2) is 22.2 Å². The molecule has 0 fully saturated rings. The molecule has 0 bridgehead atoms. The Morgan fingerprint density at radius 2 is 2.00 bits per heavy atom. The number of nitrogens with one attached hydrogen (secondary N) is 1. The number of halogens is 1.